The van der Waals surface area contributed by atoms with E-state index in [-0.39, 0.29) is 6.42 Å². The number of carboxylic acids is 1. The zero-order valence-corrected chi connectivity index (χ0v) is 12.2. The first kappa shape index (κ1) is 16.0. The summed E-state index contributed by atoms with van der Waals surface area (Å²) in [5, 5.41) is 15.6. The fraction of sp³-hybridized carbons (Fsp3) is 0.615. The molecule has 1 aromatic heterocycles. The Hall–Kier alpha value is -2.05. The number of amides is 1. The topological polar surface area (TPSA) is 93.5 Å². The Morgan fingerprint density at radius 3 is 2.65 bits per heavy atom. The minimum absolute atomic E-state index is 0.231. The van der Waals surface area contributed by atoms with Gasteiger partial charge in [-0.25, -0.2) is 4.79 Å². The van der Waals surface area contributed by atoms with Gasteiger partial charge in [-0.15, -0.1) is 0 Å². The zero-order chi connectivity index (χ0) is 15.3. The Kier molecular flexibility index (Phi) is 5.12. The second-order valence-electron chi connectivity index (χ2n) is 5.37. The van der Waals surface area contributed by atoms with Crippen molar-refractivity contribution in [2.75, 3.05) is 0 Å². The third kappa shape index (κ3) is 4.91. The van der Waals surface area contributed by atoms with Gasteiger partial charge in [-0.3, -0.25) is 9.48 Å². The predicted octanol–water partition coefficient (Wildman–Crippen LogP) is 1.94. The number of nitrogens with zero attached hydrogens (tertiary/aromatic N) is 2. The van der Waals surface area contributed by atoms with Gasteiger partial charge in [0.15, 0.2) is 0 Å². The molecular weight excluding hydrogens is 262 g/mol. The number of aromatic nitrogens is 2. The summed E-state index contributed by atoms with van der Waals surface area (Å²) in [5.41, 5.74) is 0.00354. The third-order valence-electron chi connectivity index (χ3n) is 2.48. The van der Waals surface area contributed by atoms with Crippen molar-refractivity contribution in [3.05, 3.63) is 18.0 Å². The van der Waals surface area contributed by atoms with Crippen LogP contribution in [0, 0.1) is 0 Å². The standard InChI is InChI=1S/C13H21N3O4/c1-5-16-10(6-7-14-16)9(8-11(17)18)15-12(19)20-13(2,3)4/h6-7,9H,5,8H2,1-4H3,(H,15,19)(H,17,18)/t9-/m1/s1. The number of carboxylic acid groups (broad SMARTS) is 1. The van der Waals surface area contributed by atoms with Crippen LogP contribution < -0.4 is 5.32 Å². The molecule has 1 rings (SSSR count). The Morgan fingerprint density at radius 2 is 2.15 bits per heavy atom. The second-order valence-corrected chi connectivity index (χ2v) is 5.37. The van der Waals surface area contributed by atoms with Crippen molar-refractivity contribution in [2.45, 2.75) is 52.3 Å². The lowest BCUT2D eigenvalue weighted by molar-refractivity contribution is -0.137. The zero-order valence-electron chi connectivity index (χ0n) is 12.2. The van der Waals surface area contributed by atoms with Gasteiger partial charge in [-0.05, 0) is 33.8 Å². The summed E-state index contributed by atoms with van der Waals surface area (Å²) in [5.74, 6) is -1.00. The summed E-state index contributed by atoms with van der Waals surface area (Å²) in [6.45, 7) is 7.72. The minimum Gasteiger partial charge on any atom is -0.481 e. The molecule has 0 saturated heterocycles. The molecule has 20 heavy (non-hydrogen) atoms. The van der Waals surface area contributed by atoms with Gasteiger partial charge >= 0.3 is 12.1 Å². The Balaban J connectivity index is 2.85. The van der Waals surface area contributed by atoms with Gasteiger partial charge in [0.05, 0.1) is 18.2 Å². The van der Waals surface area contributed by atoms with Crippen molar-refractivity contribution in [3.8, 4) is 0 Å². The quantitative estimate of drug-likeness (QED) is 0.861. The number of rotatable bonds is 5. The van der Waals surface area contributed by atoms with Crippen LogP contribution >= 0.6 is 0 Å². The molecule has 1 amide bonds. The lowest BCUT2D eigenvalue weighted by Gasteiger charge is -2.23. The fourth-order valence-corrected chi connectivity index (χ4v) is 1.76. The number of hydrogen-bond acceptors (Lipinski definition) is 4. The van der Waals surface area contributed by atoms with E-state index in [2.05, 4.69) is 10.4 Å². The number of aliphatic carboxylic acids is 1. The molecule has 2 N–H and O–H groups in total. The average Bonchev–Trinajstić information content (AvgIpc) is 2.72. The Morgan fingerprint density at radius 1 is 1.50 bits per heavy atom. The molecular formula is C13H21N3O4. The van der Waals surface area contributed by atoms with Gasteiger partial charge in [0, 0.05) is 12.7 Å². The van der Waals surface area contributed by atoms with Gasteiger partial charge in [0.2, 0.25) is 0 Å². The monoisotopic (exact) mass is 283 g/mol. The molecule has 0 fully saturated rings. The van der Waals surface area contributed by atoms with E-state index in [0.717, 1.165) is 0 Å². The van der Waals surface area contributed by atoms with Crippen molar-refractivity contribution in [1.29, 1.82) is 0 Å². The Bertz CT molecular complexity index is 476. The van der Waals surface area contributed by atoms with E-state index in [4.69, 9.17) is 9.84 Å². The van der Waals surface area contributed by atoms with Crippen LogP contribution in [0.5, 0.6) is 0 Å². The molecule has 0 aliphatic carbocycles. The summed E-state index contributed by atoms with van der Waals surface area (Å²) in [6.07, 6.45) is 0.697. The smallest absolute Gasteiger partial charge is 0.408 e. The molecule has 0 aliphatic heterocycles. The maximum absolute atomic E-state index is 11.8. The first-order chi connectivity index (χ1) is 9.23. The van der Waals surface area contributed by atoms with E-state index >= 15 is 0 Å². The molecule has 7 nitrogen and oxygen atoms in total. The van der Waals surface area contributed by atoms with Crippen LogP contribution in [-0.2, 0) is 16.1 Å². The molecule has 0 unspecified atom stereocenters. The highest BCUT2D eigenvalue weighted by atomic mass is 16.6. The average molecular weight is 283 g/mol. The van der Waals surface area contributed by atoms with Crippen molar-refractivity contribution in [3.63, 3.8) is 0 Å². The maximum atomic E-state index is 11.8. The minimum atomic E-state index is -1.00. The summed E-state index contributed by atoms with van der Waals surface area (Å²) in [4.78, 5) is 22.7. The van der Waals surface area contributed by atoms with Crippen LogP contribution in [0.3, 0.4) is 0 Å². The van der Waals surface area contributed by atoms with E-state index < -0.39 is 23.7 Å². The number of aryl methyl sites for hydroxylation is 1. The van der Waals surface area contributed by atoms with Crippen LogP contribution in [0.4, 0.5) is 4.79 Å². The van der Waals surface area contributed by atoms with E-state index in [1.54, 1.807) is 37.7 Å². The third-order valence-corrected chi connectivity index (χ3v) is 2.48. The highest BCUT2D eigenvalue weighted by Gasteiger charge is 2.24. The van der Waals surface area contributed by atoms with Crippen LogP contribution in [0.15, 0.2) is 12.3 Å². The first-order valence-corrected chi connectivity index (χ1v) is 6.46. The van der Waals surface area contributed by atoms with Gasteiger partial charge in [-0.2, -0.15) is 5.10 Å². The van der Waals surface area contributed by atoms with E-state index in [1.807, 2.05) is 6.92 Å². The molecule has 112 valence electrons. The normalized spacial score (nSPS) is 12.8. The number of hydrogen-bond donors (Lipinski definition) is 2. The van der Waals surface area contributed by atoms with Crippen molar-refractivity contribution in [2.24, 2.45) is 0 Å². The molecule has 0 aromatic carbocycles. The molecule has 0 spiro atoms. The largest absolute Gasteiger partial charge is 0.481 e. The van der Waals surface area contributed by atoms with Gasteiger partial charge in [0.25, 0.3) is 0 Å². The van der Waals surface area contributed by atoms with Gasteiger partial charge < -0.3 is 15.2 Å². The van der Waals surface area contributed by atoms with E-state index in [9.17, 15) is 9.59 Å². The maximum Gasteiger partial charge on any atom is 0.408 e. The van der Waals surface area contributed by atoms with Gasteiger partial charge in [0.1, 0.15) is 5.60 Å². The number of carbonyl (C=O) groups is 2. The lowest BCUT2D eigenvalue weighted by Crippen LogP contribution is -2.36. The van der Waals surface area contributed by atoms with Crippen molar-refractivity contribution >= 4 is 12.1 Å². The highest BCUT2D eigenvalue weighted by Crippen LogP contribution is 2.18. The van der Waals surface area contributed by atoms with Crippen molar-refractivity contribution < 1.29 is 19.4 Å². The summed E-state index contributed by atoms with van der Waals surface area (Å²) < 4.78 is 6.79. The van der Waals surface area contributed by atoms with Crippen LogP contribution in [0.2, 0.25) is 0 Å². The predicted molar refractivity (Wildman–Crippen MR) is 72.3 cm³/mol. The number of ether oxygens (including phenoxy) is 1. The molecule has 7 heteroatoms. The first-order valence-electron chi connectivity index (χ1n) is 6.46. The molecule has 0 aliphatic rings. The molecule has 0 bridgehead atoms. The summed E-state index contributed by atoms with van der Waals surface area (Å²) >= 11 is 0. The number of nitrogens with one attached hydrogen (secondary N) is 1. The SMILES string of the molecule is CCn1nccc1[C@@H](CC(=O)O)NC(=O)OC(C)(C)C. The summed E-state index contributed by atoms with van der Waals surface area (Å²) in [7, 11) is 0. The van der Waals surface area contributed by atoms with Crippen LogP contribution in [0.25, 0.3) is 0 Å². The Labute approximate surface area is 117 Å². The van der Waals surface area contributed by atoms with Crippen molar-refractivity contribution in [1.82, 2.24) is 15.1 Å². The van der Waals surface area contributed by atoms with Crippen LogP contribution in [-0.4, -0.2) is 32.6 Å². The molecule has 1 heterocycles. The lowest BCUT2D eigenvalue weighted by atomic mass is 10.1. The van der Waals surface area contributed by atoms with Gasteiger partial charge in [-0.1, -0.05) is 0 Å². The molecule has 1 atom stereocenters. The number of alkyl carbamates (subject to hydrolysis) is 1. The second kappa shape index (κ2) is 6.40. The molecule has 0 radical (unpaired) electrons. The number of carbonyl (C=O) groups excluding carboxylic acids is 1. The molecule has 1 aromatic rings. The summed E-state index contributed by atoms with van der Waals surface area (Å²) in [6, 6.07) is 1.01. The van der Waals surface area contributed by atoms with E-state index in [0.29, 0.717) is 12.2 Å². The van der Waals surface area contributed by atoms with E-state index in [1.165, 1.54) is 0 Å². The molecule has 0 saturated carbocycles. The fourth-order valence-electron chi connectivity index (χ4n) is 1.76. The highest BCUT2D eigenvalue weighted by molar-refractivity contribution is 5.72. The van der Waals surface area contributed by atoms with Crippen LogP contribution in [0.1, 0.15) is 45.9 Å².